The van der Waals surface area contributed by atoms with Crippen LogP contribution in [0.5, 0.6) is 0 Å². The monoisotopic (exact) mass is 491 g/mol. The predicted octanol–water partition coefficient (Wildman–Crippen LogP) is 6.33. The van der Waals surface area contributed by atoms with E-state index < -0.39 is 6.09 Å². The minimum Gasteiger partial charge on any atom is -0.450 e. The number of anilines is 3. The number of para-hydroxylation sites is 1. The van der Waals surface area contributed by atoms with Crippen LogP contribution in [0.2, 0.25) is 0 Å². The van der Waals surface area contributed by atoms with Crippen molar-refractivity contribution in [3.8, 4) is 0 Å². The van der Waals surface area contributed by atoms with Crippen molar-refractivity contribution in [1.29, 1.82) is 0 Å². The quantitative estimate of drug-likeness (QED) is 0.494. The van der Waals surface area contributed by atoms with Gasteiger partial charge in [-0.3, -0.25) is 15.0 Å². The Labute approximate surface area is 211 Å². The molecule has 2 N–H and O–H groups in total. The van der Waals surface area contributed by atoms with E-state index >= 15 is 0 Å². The van der Waals surface area contributed by atoms with Gasteiger partial charge in [0.25, 0.3) is 0 Å². The molecule has 2 amide bonds. The van der Waals surface area contributed by atoms with E-state index in [1.54, 1.807) is 18.7 Å². The molecule has 184 valence electrons. The number of nitrogens with one attached hydrogen (secondary N) is 2. The van der Waals surface area contributed by atoms with Crippen LogP contribution in [0.15, 0.2) is 52.3 Å². The van der Waals surface area contributed by atoms with E-state index in [9.17, 15) is 9.59 Å². The molecule has 35 heavy (non-hydrogen) atoms. The third-order valence-electron chi connectivity index (χ3n) is 8.17. The zero-order valence-corrected chi connectivity index (χ0v) is 21.0. The van der Waals surface area contributed by atoms with E-state index in [4.69, 9.17) is 4.74 Å². The smallest absolute Gasteiger partial charge is 0.411 e. The summed E-state index contributed by atoms with van der Waals surface area (Å²) in [6, 6.07) is 13.7. The van der Waals surface area contributed by atoms with Crippen molar-refractivity contribution in [3.63, 3.8) is 0 Å². The van der Waals surface area contributed by atoms with Crippen LogP contribution in [0.25, 0.3) is 0 Å². The second-order valence-corrected chi connectivity index (χ2v) is 11.8. The van der Waals surface area contributed by atoms with E-state index in [1.165, 1.54) is 38.5 Å². The minimum absolute atomic E-state index is 0.0736. The second-order valence-electron chi connectivity index (χ2n) is 10.7. The molecule has 0 atom stereocenters. The number of carbonyl (C=O) groups is 2. The molecular formula is C28H33N3O3S. The lowest BCUT2D eigenvalue weighted by Crippen LogP contribution is -2.58. The van der Waals surface area contributed by atoms with Gasteiger partial charge in [-0.2, -0.15) is 0 Å². The molecule has 7 rings (SSSR count). The van der Waals surface area contributed by atoms with E-state index in [1.807, 2.05) is 41.3 Å². The molecule has 0 spiro atoms. The first kappa shape index (κ1) is 22.9. The van der Waals surface area contributed by atoms with Crippen LogP contribution in [-0.4, -0.2) is 30.7 Å². The summed E-state index contributed by atoms with van der Waals surface area (Å²) in [5.41, 5.74) is 2.58. The molecule has 1 heterocycles. The van der Waals surface area contributed by atoms with Gasteiger partial charge in [-0.25, -0.2) is 4.79 Å². The summed E-state index contributed by atoms with van der Waals surface area (Å²) in [6.45, 7) is 2.78. The van der Waals surface area contributed by atoms with Gasteiger partial charge in [0, 0.05) is 34.0 Å². The first-order valence-corrected chi connectivity index (χ1v) is 13.8. The Hall–Kier alpha value is -2.51. The lowest BCUT2D eigenvalue weighted by atomic mass is 9.53. The van der Waals surface area contributed by atoms with Gasteiger partial charge in [-0.05, 0) is 93.5 Å². The summed E-state index contributed by atoms with van der Waals surface area (Å²) < 4.78 is 5.03. The van der Waals surface area contributed by atoms with Crippen molar-refractivity contribution in [2.24, 2.45) is 17.8 Å². The number of benzene rings is 2. The minimum atomic E-state index is -0.492. The number of ether oxygens (including phenoxy) is 1. The number of hydrogen-bond acceptors (Lipinski definition) is 5. The highest BCUT2D eigenvalue weighted by Gasteiger charge is 2.50. The number of carbonyl (C=O) groups excluding carboxylic acids is 2. The van der Waals surface area contributed by atoms with Crippen LogP contribution in [0.1, 0.15) is 51.9 Å². The van der Waals surface area contributed by atoms with Crippen LogP contribution in [0.4, 0.5) is 21.9 Å². The third-order valence-corrected chi connectivity index (χ3v) is 9.30. The molecule has 4 bridgehead atoms. The Morgan fingerprint density at radius 1 is 1.00 bits per heavy atom. The molecular weight excluding hydrogens is 458 g/mol. The largest absolute Gasteiger partial charge is 0.450 e. The SMILES string of the molecule is CCOC(=O)Nc1ccc2c(c1)N(C(=O)CCNC13CC4CC(CC(C4)C1)C3)c1ccccc1S2. The number of nitrogens with zero attached hydrogens (tertiary/aromatic N) is 1. The molecule has 7 heteroatoms. The number of hydrogen-bond donors (Lipinski definition) is 2. The fraction of sp³-hybridized carbons (Fsp3) is 0.500. The average Bonchev–Trinajstić information content (AvgIpc) is 2.81. The zero-order chi connectivity index (χ0) is 24.0. The fourth-order valence-corrected chi connectivity index (χ4v) is 8.30. The van der Waals surface area contributed by atoms with Crippen molar-refractivity contribution in [2.45, 2.75) is 67.2 Å². The lowest BCUT2D eigenvalue weighted by molar-refractivity contribution is -0.118. The van der Waals surface area contributed by atoms with Gasteiger partial charge >= 0.3 is 6.09 Å². The molecule has 0 saturated heterocycles. The van der Waals surface area contributed by atoms with Gasteiger partial charge in [0.1, 0.15) is 0 Å². The van der Waals surface area contributed by atoms with E-state index in [-0.39, 0.29) is 11.4 Å². The number of fused-ring (bicyclic) bond motifs is 2. The number of rotatable bonds is 6. The Balaban J connectivity index is 1.20. The van der Waals surface area contributed by atoms with Crippen LogP contribution < -0.4 is 15.5 Å². The standard InChI is InChI=1S/C28H33N3O3S/c1-2-34-27(33)30-21-7-8-25-23(14-21)31(22-5-3-4-6-24(22)35-25)26(32)9-10-29-28-15-18-11-19(16-28)13-20(12-18)17-28/h3-8,14,18-20,29H,2,9-13,15-17H2,1H3,(H,30,33). The summed E-state index contributed by atoms with van der Waals surface area (Å²) in [7, 11) is 0. The molecule has 6 nitrogen and oxygen atoms in total. The van der Waals surface area contributed by atoms with Crippen LogP contribution in [0.3, 0.4) is 0 Å². The summed E-state index contributed by atoms with van der Waals surface area (Å²) in [5.74, 6) is 2.72. The van der Waals surface area contributed by atoms with Crippen molar-refractivity contribution >= 4 is 40.8 Å². The summed E-state index contributed by atoms with van der Waals surface area (Å²) in [6.07, 6.45) is 8.04. The summed E-state index contributed by atoms with van der Waals surface area (Å²) in [4.78, 5) is 29.6. The van der Waals surface area contributed by atoms with Crippen LogP contribution in [0, 0.1) is 17.8 Å². The Kier molecular flexibility index (Phi) is 6.01. The Morgan fingerprint density at radius 2 is 1.69 bits per heavy atom. The van der Waals surface area contributed by atoms with E-state index in [0.717, 1.165) is 38.9 Å². The van der Waals surface area contributed by atoms with Crippen molar-refractivity contribution < 1.29 is 14.3 Å². The maximum Gasteiger partial charge on any atom is 0.411 e. The Bertz CT molecular complexity index is 1110. The topological polar surface area (TPSA) is 70.7 Å². The van der Waals surface area contributed by atoms with Gasteiger partial charge < -0.3 is 10.1 Å². The lowest BCUT2D eigenvalue weighted by Gasteiger charge is -2.57. The van der Waals surface area contributed by atoms with Crippen molar-refractivity contribution in [3.05, 3.63) is 42.5 Å². The first-order chi connectivity index (χ1) is 17.0. The second kappa shape index (κ2) is 9.17. The summed E-state index contributed by atoms with van der Waals surface area (Å²) >= 11 is 1.65. The first-order valence-electron chi connectivity index (χ1n) is 12.9. The van der Waals surface area contributed by atoms with E-state index in [2.05, 4.69) is 16.7 Å². The molecule has 4 saturated carbocycles. The Morgan fingerprint density at radius 3 is 2.40 bits per heavy atom. The third kappa shape index (κ3) is 4.45. The molecule has 0 unspecified atom stereocenters. The van der Waals surface area contributed by atoms with Crippen molar-refractivity contribution in [1.82, 2.24) is 5.32 Å². The van der Waals surface area contributed by atoms with Gasteiger partial charge in [0.05, 0.1) is 18.0 Å². The normalized spacial score (nSPS) is 27.8. The highest BCUT2D eigenvalue weighted by atomic mass is 32.2. The molecule has 2 aromatic carbocycles. The molecule has 2 aromatic rings. The van der Waals surface area contributed by atoms with Gasteiger partial charge in [-0.15, -0.1) is 0 Å². The highest BCUT2D eigenvalue weighted by molar-refractivity contribution is 7.99. The van der Waals surface area contributed by atoms with Gasteiger partial charge in [0.15, 0.2) is 0 Å². The van der Waals surface area contributed by atoms with Gasteiger partial charge in [-0.1, -0.05) is 23.9 Å². The maximum atomic E-state index is 13.7. The number of amides is 2. The average molecular weight is 492 g/mol. The van der Waals surface area contributed by atoms with Crippen LogP contribution >= 0.6 is 11.8 Å². The predicted molar refractivity (Wildman–Crippen MR) is 138 cm³/mol. The van der Waals surface area contributed by atoms with E-state index in [0.29, 0.717) is 25.3 Å². The molecule has 5 aliphatic rings. The zero-order valence-electron chi connectivity index (χ0n) is 20.2. The molecule has 1 aliphatic heterocycles. The summed E-state index contributed by atoms with van der Waals surface area (Å²) in [5, 5.41) is 6.64. The molecule has 4 fully saturated rings. The molecule has 0 aromatic heterocycles. The molecule has 4 aliphatic carbocycles. The molecule has 0 radical (unpaired) electrons. The maximum absolute atomic E-state index is 13.7. The van der Waals surface area contributed by atoms with Crippen LogP contribution in [-0.2, 0) is 9.53 Å². The fourth-order valence-electron chi connectivity index (χ4n) is 7.26. The van der Waals surface area contributed by atoms with Gasteiger partial charge in [0.2, 0.25) is 5.91 Å². The van der Waals surface area contributed by atoms with Crippen molar-refractivity contribution in [2.75, 3.05) is 23.4 Å². The highest BCUT2D eigenvalue weighted by Crippen LogP contribution is 2.55.